The van der Waals surface area contributed by atoms with Crippen molar-refractivity contribution in [2.24, 2.45) is 0 Å². The number of carbonyl (C=O) groups excluding carboxylic acids is 1. The van der Waals surface area contributed by atoms with E-state index in [2.05, 4.69) is 24.3 Å². The normalized spacial score (nSPS) is 20.3. The first-order valence-electron chi connectivity index (χ1n) is 7.21. The molecule has 1 saturated heterocycles. The topological polar surface area (TPSA) is 50.2 Å². The smallest absolute Gasteiger partial charge is 0.239 e. The average molecular weight is 264 g/mol. The second kappa shape index (κ2) is 6.19. The van der Waals surface area contributed by atoms with E-state index >= 15 is 0 Å². The van der Waals surface area contributed by atoms with Gasteiger partial charge in [-0.3, -0.25) is 9.48 Å². The number of carbonyl (C=O) groups is 1. The lowest BCUT2D eigenvalue weighted by Gasteiger charge is -2.30. The molecule has 1 aliphatic heterocycles. The Morgan fingerprint density at radius 3 is 2.89 bits per heavy atom. The monoisotopic (exact) mass is 264 g/mol. The molecule has 1 unspecified atom stereocenters. The quantitative estimate of drug-likeness (QED) is 0.878. The molecule has 1 amide bonds. The maximum absolute atomic E-state index is 12.0. The first-order valence-corrected chi connectivity index (χ1v) is 7.21. The number of hydrogen-bond acceptors (Lipinski definition) is 3. The number of aromatic nitrogens is 2. The summed E-state index contributed by atoms with van der Waals surface area (Å²) in [5.41, 5.74) is 0.981. The number of rotatable bonds is 5. The van der Waals surface area contributed by atoms with Crippen LogP contribution in [0.5, 0.6) is 0 Å². The molecule has 1 aromatic rings. The predicted octanol–water partition coefficient (Wildman–Crippen LogP) is 1.56. The third-order valence-electron chi connectivity index (χ3n) is 3.85. The molecule has 19 heavy (non-hydrogen) atoms. The Morgan fingerprint density at radius 1 is 1.47 bits per heavy atom. The highest BCUT2D eigenvalue weighted by molar-refractivity contribution is 5.82. The van der Waals surface area contributed by atoms with Crippen molar-refractivity contribution < 1.29 is 4.79 Å². The van der Waals surface area contributed by atoms with Crippen LogP contribution < -0.4 is 5.32 Å². The van der Waals surface area contributed by atoms with E-state index in [1.165, 1.54) is 0 Å². The molecule has 5 heteroatoms. The van der Waals surface area contributed by atoms with E-state index in [4.69, 9.17) is 0 Å². The van der Waals surface area contributed by atoms with Crippen LogP contribution in [0.4, 0.5) is 0 Å². The van der Waals surface area contributed by atoms with Gasteiger partial charge in [0.15, 0.2) is 0 Å². The van der Waals surface area contributed by atoms with E-state index in [-0.39, 0.29) is 11.9 Å². The number of piperazine rings is 1. The van der Waals surface area contributed by atoms with E-state index in [0.717, 1.165) is 31.6 Å². The Kier molecular flexibility index (Phi) is 4.58. The third kappa shape index (κ3) is 3.15. The Morgan fingerprint density at radius 2 is 2.21 bits per heavy atom. The van der Waals surface area contributed by atoms with E-state index in [1.54, 1.807) is 0 Å². The zero-order chi connectivity index (χ0) is 13.8. The molecule has 0 aromatic carbocycles. The predicted molar refractivity (Wildman–Crippen MR) is 74.7 cm³/mol. The Hall–Kier alpha value is -1.36. The second-order valence-corrected chi connectivity index (χ2v) is 5.19. The molecule has 1 fully saturated rings. The summed E-state index contributed by atoms with van der Waals surface area (Å²) in [5, 5.41) is 7.78. The summed E-state index contributed by atoms with van der Waals surface area (Å²) in [6, 6.07) is 2.42. The van der Waals surface area contributed by atoms with Crippen molar-refractivity contribution in [2.45, 2.75) is 52.2 Å². The van der Waals surface area contributed by atoms with Crippen LogP contribution in [0.1, 0.15) is 45.3 Å². The van der Waals surface area contributed by atoms with Crippen LogP contribution in [-0.4, -0.2) is 39.7 Å². The van der Waals surface area contributed by atoms with E-state index in [9.17, 15) is 4.79 Å². The molecule has 0 radical (unpaired) electrons. The fourth-order valence-corrected chi connectivity index (χ4v) is 2.57. The first-order chi connectivity index (χ1) is 9.15. The number of hydrogen-bond donors (Lipinski definition) is 1. The maximum atomic E-state index is 12.0. The van der Waals surface area contributed by atoms with E-state index in [0.29, 0.717) is 12.6 Å². The lowest BCUT2D eigenvalue weighted by Crippen LogP contribution is -2.53. The van der Waals surface area contributed by atoms with Crippen molar-refractivity contribution >= 4 is 5.91 Å². The van der Waals surface area contributed by atoms with Gasteiger partial charge in [-0.15, -0.1) is 0 Å². The van der Waals surface area contributed by atoms with Gasteiger partial charge in [0, 0.05) is 19.3 Å². The maximum Gasteiger partial charge on any atom is 0.239 e. The van der Waals surface area contributed by atoms with Crippen LogP contribution in [0.3, 0.4) is 0 Å². The minimum Gasteiger partial charge on any atom is -0.334 e. The zero-order valence-electron chi connectivity index (χ0n) is 12.1. The summed E-state index contributed by atoms with van der Waals surface area (Å²) in [5.74, 6) is 0.170. The average Bonchev–Trinajstić information content (AvgIpc) is 2.85. The molecule has 1 N–H and O–H groups in total. The van der Waals surface area contributed by atoms with E-state index in [1.807, 2.05) is 28.8 Å². The van der Waals surface area contributed by atoms with Gasteiger partial charge in [0.2, 0.25) is 5.91 Å². The van der Waals surface area contributed by atoms with Gasteiger partial charge in [-0.2, -0.15) is 5.10 Å². The molecular formula is C14H24N4O. The minimum atomic E-state index is -0.0742. The van der Waals surface area contributed by atoms with Crippen LogP contribution in [0.2, 0.25) is 0 Å². The molecule has 1 aromatic heterocycles. The van der Waals surface area contributed by atoms with Crippen molar-refractivity contribution in [1.29, 1.82) is 0 Å². The first kappa shape index (κ1) is 14.1. The highest BCUT2D eigenvalue weighted by Gasteiger charge is 2.25. The van der Waals surface area contributed by atoms with Crippen LogP contribution >= 0.6 is 0 Å². The molecular weight excluding hydrogens is 240 g/mol. The van der Waals surface area contributed by atoms with Gasteiger partial charge in [0.05, 0.1) is 24.3 Å². The van der Waals surface area contributed by atoms with Gasteiger partial charge >= 0.3 is 0 Å². The number of nitrogens with zero attached hydrogens (tertiary/aromatic N) is 3. The molecule has 1 aliphatic rings. The Bertz CT molecular complexity index is 425. The molecule has 0 saturated carbocycles. The van der Waals surface area contributed by atoms with Gasteiger partial charge < -0.3 is 10.2 Å². The molecule has 2 heterocycles. The Labute approximate surface area is 115 Å². The molecule has 0 bridgehead atoms. The van der Waals surface area contributed by atoms with Crippen molar-refractivity contribution in [2.75, 3.05) is 13.1 Å². The summed E-state index contributed by atoms with van der Waals surface area (Å²) >= 11 is 0. The van der Waals surface area contributed by atoms with Gasteiger partial charge in [0.1, 0.15) is 0 Å². The van der Waals surface area contributed by atoms with Crippen molar-refractivity contribution in [3.63, 3.8) is 0 Å². The summed E-state index contributed by atoms with van der Waals surface area (Å²) in [6.45, 7) is 8.52. The highest BCUT2D eigenvalue weighted by Crippen LogP contribution is 2.15. The lowest BCUT2D eigenvalue weighted by molar-refractivity contribution is -0.135. The van der Waals surface area contributed by atoms with Crippen molar-refractivity contribution in [1.82, 2.24) is 20.0 Å². The van der Waals surface area contributed by atoms with Gasteiger partial charge in [-0.25, -0.2) is 0 Å². The summed E-state index contributed by atoms with van der Waals surface area (Å²) < 4.78 is 2.03. The Balaban J connectivity index is 2.01. The van der Waals surface area contributed by atoms with Gasteiger partial charge in [-0.1, -0.05) is 13.8 Å². The van der Waals surface area contributed by atoms with Crippen molar-refractivity contribution in [3.05, 3.63) is 18.0 Å². The zero-order valence-corrected chi connectivity index (χ0v) is 12.1. The highest BCUT2D eigenvalue weighted by atomic mass is 16.2. The molecule has 2 rings (SSSR count). The summed E-state index contributed by atoms with van der Waals surface area (Å²) in [6.07, 6.45) is 4.20. The lowest BCUT2D eigenvalue weighted by atomic mass is 10.2. The summed E-state index contributed by atoms with van der Waals surface area (Å²) in [4.78, 5) is 13.9. The number of nitrogens with one attached hydrogen (secondary N) is 1. The molecule has 1 atom stereocenters. The molecule has 0 spiro atoms. The molecule has 5 nitrogen and oxygen atoms in total. The van der Waals surface area contributed by atoms with Crippen LogP contribution in [0, 0.1) is 0 Å². The molecule has 0 aliphatic carbocycles. The van der Waals surface area contributed by atoms with Crippen LogP contribution in [-0.2, 0) is 11.3 Å². The van der Waals surface area contributed by atoms with Crippen LogP contribution in [0.15, 0.2) is 12.3 Å². The van der Waals surface area contributed by atoms with Gasteiger partial charge in [0.25, 0.3) is 0 Å². The second-order valence-electron chi connectivity index (χ2n) is 5.19. The minimum absolute atomic E-state index is 0.0742. The largest absolute Gasteiger partial charge is 0.334 e. The van der Waals surface area contributed by atoms with Crippen LogP contribution in [0.25, 0.3) is 0 Å². The molecule has 106 valence electrons. The standard InChI is InChI=1S/C14H24N4O/c1-4-13(5-2)18-8-6-12(16-18)10-17-9-7-15-11(3)14(17)19/h6,8,11,13,15H,4-5,7,9-10H2,1-3H3. The SMILES string of the molecule is CCC(CC)n1ccc(CN2CCNC(C)C2=O)n1. The van der Waals surface area contributed by atoms with Crippen molar-refractivity contribution in [3.8, 4) is 0 Å². The third-order valence-corrected chi connectivity index (χ3v) is 3.85. The number of amides is 1. The van der Waals surface area contributed by atoms with E-state index < -0.39 is 0 Å². The summed E-state index contributed by atoms with van der Waals surface area (Å²) in [7, 11) is 0. The fourth-order valence-electron chi connectivity index (χ4n) is 2.57. The van der Waals surface area contributed by atoms with Gasteiger partial charge in [-0.05, 0) is 25.8 Å². The fraction of sp³-hybridized carbons (Fsp3) is 0.714.